The Kier molecular flexibility index (Phi) is 3.46. The van der Waals surface area contributed by atoms with Crippen LogP contribution in [0.25, 0.3) is 16.9 Å². The number of ether oxygens (including phenoxy) is 3. The minimum atomic E-state index is -0.473. The highest BCUT2D eigenvalue weighted by atomic mass is 16.5. The van der Waals surface area contributed by atoms with Gasteiger partial charge in [0.15, 0.2) is 0 Å². The second-order valence-electron chi connectivity index (χ2n) is 6.49. The minimum Gasteiger partial charge on any atom is -0.497 e. The third-order valence-electron chi connectivity index (χ3n) is 4.54. The summed E-state index contributed by atoms with van der Waals surface area (Å²) in [6.45, 7) is 4.10. The molecule has 0 atom stereocenters. The highest BCUT2D eigenvalue weighted by Gasteiger charge is 2.36. The monoisotopic (exact) mass is 336 g/mol. The molecule has 2 heterocycles. The van der Waals surface area contributed by atoms with E-state index in [1.165, 1.54) is 0 Å². The molecule has 0 fully saturated rings. The summed E-state index contributed by atoms with van der Waals surface area (Å²) in [6, 6.07) is 13.7. The van der Waals surface area contributed by atoms with Crippen molar-refractivity contribution < 1.29 is 14.2 Å². The zero-order chi connectivity index (χ0) is 17.6. The summed E-state index contributed by atoms with van der Waals surface area (Å²) in [5, 5.41) is 4.63. The van der Waals surface area contributed by atoms with Gasteiger partial charge in [-0.1, -0.05) is 0 Å². The van der Waals surface area contributed by atoms with Gasteiger partial charge in [-0.2, -0.15) is 5.10 Å². The predicted molar refractivity (Wildman–Crippen MR) is 95.8 cm³/mol. The molecule has 1 aliphatic heterocycles. The fourth-order valence-electron chi connectivity index (χ4n) is 3.21. The highest BCUT2D eigenvalue weighted by Crippen LogP contribution is 2.46. The van der Waals surface area contributed by atoms with Crippen LogP contribution in [0, 0.1) is 0 Å². The van der Waals surface area contributed by atoms with E-state index in [1.807, 2.05) is 67.2 Å². The second kappa shape index (κ2) is 5.55. The molecule has 0 amide bonds. The van der Waals surface area contributed by atoms with Gasteiger partial charge in [-0.25, -0.2) is 4.68 Å². The topological polar surface area (TPSA) is 45.5 Å². The number of methoxy groups -OCH3 is 2. The van der Waals surface area contributed by atoms with Crippen LogP contribution in [0.15, 0.2) is 48.7 Å². The molecule has 5 nitrogen and oxygen atoms in total. The molecule has 1 aromatic heterocycles. The summed E-state index contributed by atoms with van der Waals surface area (Å²) >= 11 is 0. The number of nitrogens with zero attached hydrogens (tertiary/aromatic N) is 2. The van der Waals surface area contributed by atoms with Gasteiger partial charge in [-0.15, -0.1) is 0 Å². The molecule has 4 rings (SSSR count). The molecule has 2 aromatic carbocycles. The van der Waals surface area contributed by atoms with Gasteiger partial charge in [-0.3, -0.25) is 0 Å². The van der Waals surface area contributed by atoms with E-state index in [4.69, 9.17) is 14.2 Å². The van der Waals surface area contributed by atoms with Crippen LogP contribution in [0.3, 0.4) is 0 Å². The third kappa shape index (κ3) is 2.43. The Balaban J connectivity index is 1.92. The maximum atomic E-state index is 6.22. The maximum Gasteiger partial charge on any atom is 0.133 e. The molecule has 0 unspecified atom stereocenters. The lowest BCUT2D eigenvalue weighted by atomic mass is 9.91. The van der Waals surface area contributed by atoms with Gasteiger partial charge in [0, 0.05) is 17.2 Å². The molecule has 0 spiro atoms. The van der Waals surface area contributed by atoms with Gasteiger partial charge in [0.25, 0.3) is 0 Å². The third-order valence-corrected chi connectivity index (χ3v) is 4.54. The van der Waals surface area contributed by atoms with Crippen LogP contribution >= 0.6 is 0 Å². The van der Waals surface area contributed by atoms with Gasteiger partial charge >= 0.3 is 0 Å². The van der Waals surface area contributed by atoms with E-state index in [9.17, 15) is 0 Å². The molecular formula is C20H20N2O3. The zero-order valence-electron chi connectivity index (χ0n) is 14.7. The number of benzene rings is 2. The molecule has 0 radical (unpaired) electrons. The Hall–Kier alpha value is -2.95. The first-order chi connectivity index (χ1) is 12.0. The van der Waals surface area contributed by atoms with E-state index in [0.29, 0.717) is 0 Å². The van der Waals surface area contributed by atoms with Crippen molar-refractivity contribution in [2.75, 3.05) is 14.2 Å². The number of hydrogen-bond acceptors (Lipinski definition) is 4. The number of hydrogen-bond donors (Lipinski definition) is 0. The molecule has 0 aliphatic carbocycles. The molecule has 0 bridgehead atoms. The van der Waals surface area contributed by atoms with E-state index in [1.54, 1.807) is 14.2 Å². The Morgan fingerprint density at radius 3 is 2.32 bits per heavy atom. The lowest BCUT2D eigenvalue weighted by Crippen LogP contribution is -2.29. The fraction of sp³-hybridized carbons (Fsp3) is 0.250. The molecule has 1 aliphatic rings. The quantitative estimate of drug-likeness (QED) is 0.720. The summed E-state index contributed by atoms with van der Waals surface area (Å²) in [7, 11) is 3.32. The summed E-state index contributed by atoms with van der Waals surface area (Å²) in [6.07, 6.45) is 1.88. The summed E-state index contributed by atoms with van der Waals surface area (Å²) in [5.41, 5.74) is 3.60. The van der Waals surface area contributed by atoms with Crippen molar-refractivity contribution in [3.05, 3.63) is 54.2 Å². The average molecular weight is 336 g/mol. The lowest BCUT2D eigenvalue weighted by Gasteiger charge is -2.33. The van der Waals surface area contributed by atoms with Gasteiger partial charge in [0.05, 0.1) is 31.8 Å². The summed E-state index contributed by atoms with van der Waals surface area (Å²) < 4.78 is 18.8. The van der Waals surface area contributed by atoms with Crippen LogP contribution in [-0.2, 0) is 5.60 Å². The molecule has 0 saturated carbocycles. The maximum absolute atomic E-state index is 6.22. The number of rotatable bonds is 3. The van der Waals surface area contributed by atoms with E-state index < -0.39 is 5.60 Å². The summed E-state index contributed by atoms with van der Waals surface area (Å²) in [4.78, 5) is 0. The van der Waals surface area contributed by atoms with E-state index in [0.717, 1.165) is 39.8 Å². The molecule has 0 N–H and O–H groups in total. The molecule has 5 heteroatoms. The Morgan fingerprint density at radius 2 is 1.64 bits per heavy atom. The molecular weight excluding hydrogens is 316 g/mol. The summed E-state index contributed by atoms with van der Waals surface area (Å²) in [5.74, 6) is 2.39. The minimum absolute atomic E-state index is 0.473. The van der Waals surface area contributed by atoms with Crippen molar-refractivity contribution in [2.45, 2.75) is 19.4 Å². The van der Waals surface area contributed by atoms with Crippen molar-refractivity contribution in [3.63, 3.8) is 0 Å². The molecule has 128 valence electrons. The fourth-order valence-corrected chi connectivity index (χ4v) is 3.21. The van der Waals surface area contributed by atoms with Crippen molar-refractivity contribution in [1.29, 1.82) is 0 Å². The Labute approximate surface area is 146 Å². The van der Waals surface area contributed by atoms with Crippen molar-refractivity contribution >= 4 is 0 Å². The van der Waals surface area contributed by atoms with Gasteiger partial charge < -0.3 is 14.2 Å². The van der Waals surface area contributed by atoms with Crippen LogP contribution in [0.4, 0.5) is 0 Å². The van der Waals surface area contributed by atoms with Crippen molar-refractivity contribution in [2.24, 2.45) is 0 Å². The Morgan fingerprint density at radius 1 is 0.960 bits per heavy atom. The smallest absolute Gasteiger partial charge is 0.133 e. The number of aromatic nitrogens is 2. The zero-order valence-corrected chi connectivity index (χ0v) is 14.7. The normalized spacial score (nSPS) is 14.2. The van der Waals surface area contributed by atoms with Crippen LogP contribution in [0.1, 0.15) is 19.4 Å². The SMILES string of the molecule is COc1ccc(-n2ncc3c2-c2ccc(OC)cc2OC3(C)C)cc1. The van der Waals surface area contributed by atoms with E-state index >= 15 is 0 Å². The van der Waals surface area contributed by atoms with Crippen molar-refractivity contribution in [3.8, 4) is 34.2 Å². The largest absolute Gasteiger partial charge is 0.497 e. The van der Waals surface area contributed by atoms with E-state index in [-0.39, 0.29) is 0 Å². The second-order valence-corrected chi connectivity index (χ2v) is 6.49. The molecule has 25 heavy (non-hydrogen) atoms. The van der Waals surface area contributed by atoms with E-state index in [2.05, 4.69) is 5.10 Å². The average Bonchev–Trinajstić information content (AvgIpc) is 3.07. The van der Waals surface area contributed by atoms with Crippen LogP contribution < -0.4 is 14.2 Å². The van der Waals surface area contributed by atoms with Crippen LogP contribution in [0.5, 0.6) is 17.2 Å². The first-order valence-electron chi connectivity index (χ1n) is 8.14. The standard InChI is InChI=1S/C20H20N2O3/c1-20(2)17-12-21-22(13-5-7-14(23-3)8-6-13)19(17)16-10-9-15(24-4)11-18(16)25-20/h5-12H,1-4H3. The Bertz CT molecular complexity index is 927. The molecule has 3 aromatic rings. The van der Waals surface area contributed by atoms with Crippen LogP contribution in [0.2, 0.25) is 0 Å². The molecule has 0 saturated heterocycles. The van der Waals surface area contributed by atoms with Crippen molar-refractivity contribution in [1.82, 2.24) is 9.78 Å². The lowest BCUT2D eigenvalue weighted by molar-refractivity contribution is 0.105. The predicted octanol–water partition coefficient (Wildman–Crippen LogP) is 4.18. The first kappa shape index (κ1) is 15.6. The van der Waals surface area contributed by atoms with Gasteiger partial charge in [0.2, 0.25) is 0 Å². The van der Waals surface area contributed by atoms with Crippen LogP contribution in [-0.4, -0.2) is 24.0 Å². The first-order valence-corrected chi connectivity index (χ1v) is 8.14. The van der Waals surface area contributed by atoms with Gasteiger partial charge in [0.1, 0.15) is 22.8 Å². The highest BCUT2D eigenvalue weighted by molar-refractivity contribution is 5.76. The van der Waals surface area contributed by atoms with Gasteiger partial charge in [-0.05, 0) is 50.2 Å². The number of fused-ring (bicyclic) bond motifs is 3.